The summed E-state index contributed by atoms with van der Waals surface area (Å²) in [6.07, 6.45) is 0.995. The number of carbonyl (C=O) groups excluding carboxylic acids is 2. The van der Waals surface area contributed by atoms with Crippen LogP contribution in [-0.2, 0) is 11.3 Å². The first-order valence-electron chi connectivity index (χ1n) is 10.0. The van der Waals surface area contributed by atoms with Gasteiger partial charge in [-0.25, -0.2) is 4.79 Å². The minimum absolute atomic E-state index is 0.0723. The lowest BCUT2D eigenvalue weighted by Gasteiger charge is -2.20. The number of imide groups is 1. The molecule has 1 aromatic carbocycles. The normalized spacial score (nSPS) is 19.8. The van der Waals surface area contributed by atoms with Gasteiger partial charge in [0.05, 0.1) is 20.8 Å². The quantitative estimate of drug-likeness (QED) is 0.310. The molecule has 0 bridgehead atoms. The molecule has 0 aliphatic carbocycles. The van der Waals surface area contributed by atoms with Gasteiger partial charge in [-0.05, 0) is 24.1 Å². The highest BCUT2D eigenvalue weighted by Gasteiger charge is 2.28. The maximum Gasteiger partial charge on any atom is 0.324 e. The number of guanidine groups is 1. The summed E-state index contributed by atoms with van der Waals surface area (Å²) in [7, 11) is 5.01. The Kier molecular flexibility index (Phi) is 7.34. The van der Waals surface area contributed by atoms with E-state index in [2.05, 4.69) is 25.8 Å². The summed E-state index contributed by atoms with van der Waals surface area (Å²) < 4.78 is 10.7. The molecule has 2 saturated heterocycles. The molecule has 1 aromatic rings. The summed E-state index contributed by atoms with van der Waals surface area (Å²) >= 11 is 0. The monoisotopic (exact) mass is 418 g/mol. The molecule has 30 heavy (non-hydrogen) atoms. The van der Waals surface area contributed by atoms with Gasteiger partial charge in [-0.1, -0.05) is 0 Å². The van der Waals surface area contributed by atoms with Gasteiger partial charge in [0.15, 0.2) is 5.96 Å². The number of rotatable bonds is 8. The highest BCUT2D eigenvalue weighted by atomic mass is 16.5. The van der Waals surface area contributed by atoms with Gasteiger partial charge in [0.2, 0.25) is 5.91 Å². The van der Waals surface area contributed by atoms with Gasteiger partial charge >= 0.3 is 6.03 Å². The molecule has 0 spiro atoms. The summed E-state index contributed by atoms with van der Waals surface area (Å²) in [5.74, 6) is 2.03. The second-order valence-electron chi connectivity index (χ2n) is 7.29. The highest BCUT2D eigenvalue weighted by Crippen LogP contribution is 2.24. The van der Waals surface area contributed by atoms with Crippen molar-refractivity contribution in [2.24, 2.45) is 4.99 Å². The molecule has 2 aliphatic rings. The van der Waals surface area contributed by atoms with Crippen LogP contribution in [0.4, 0.5) is 4.79 Å². The third-order valence-corrected chi connectivity index (χ3v) is 5.22. The molecule has 2 fully saturated rings. The number of nitrogens with one attached hydrogen (secondary N) is 3. The number of nitrogens with zero attached hydrogens (tertiary/aromatic N) is 3. The van der Waals surface area contributed by atoms with Crippen LogP contribution in [0.2, 0.25) is 0 Å². The van der Waals surface area contributed by atoms with Crippen molar-refractivity contribution in [3.63, 3.8) is 0 Å². The first kappa shape index (κ1) is 21.7. The van der Waals surface area contributed by atoms with Gasteiger partial charge in [0, 0.05) is 51.9 Å². The van der Waals surface area contributed by atoms with Gasteiger partial charge < -0.3 is 25.4 Å². The van der Waals surface area contributed by atoms with Crippen molar-refractivity contribution in [2.75, 3.05) is 54.0 Å². The second-order valence-corrected chi connectivity index (χ2v) is 7.29. The van der Waals surface area contributed by atoms with Gasteiger partial charge in [0.25, 0.3) is 0 Å². The van der Waals surface area contributed by atoms with Crippen LogP contribution >= 0.6 is 0 Å². The second kappa shape index (κ2) is 10.1. The molecule has 3 N–H and O–H groups in total. The standard InChI is InChI=1S/C20H30N6O4/c1-21-19(22-5-7-26-18(27)11-23-20(26)28)24-15-4-6-25(13-15)12-14-8-16(29-2)10-17(9-14)30-3/h8-10,15H,4-7,11-13H2,1-3H3,(H,23,28)(H2,21,22,24). The molecule has 0 aromatic heterocycles. The van der Waals surface area contributed by atoms with E-state index in [0.29, 0.717) is 19.0 Å². The van der Waals surface area contributed by atoms with Crippen LogP contribution < -0.4 is 25.4 Å². The van der Waals surface area contributed by atoms with Crippen LogP contribution in [0.15, 0.2) is 23.2 Å². The van der Waals surface area contributed by atoms with Gasteiger partial charge in [-0.15, -0.1) is 0 Å². The average Bonchev–Trinajstić information content (AvgIpc) is 3.33. The van der Waals surface area contributed by atoms with E-state index < -0.39 is 0 Å². The Hall–Kier alpha value is -3.01. The molecule has 164 valence electrons. The van der Waals surface area contributed by atoms with Gasteiger partial charge in [-0.2, -0.15) is 0 Å². The summed E-state index contributed by atoms with van der Waals surface area (Å²) in [5, 5.41) is 9.10. The first-order valence-corrected chi connectivity index (χ1v) is 10.0. The minimum atomic E-state index is -0.342. The maximum atomic E-state index is 11.6. The van der Waals surface area contributed by atoms with Crippen LogP contribution in [0.25, 0.3) is 0 Å². The largest absolute Gasteiger partial charge is 0.497 e. The number of hydrogen-bond donors (Lipinski definition) is 3. The number of carbonyl (C=O) groups is 2. The number of urea groups is 1. The van der Waals surface area contributed by atoms with Crippen LogP contribution in [0.3, 0.4) is 0 Å². The molecule has 10 heteroatoms. The maximum absolute atomic E-state index is 11.6. The van der Waals surface area contributed by atoms with Crippen LogP contribution in [0.1, 0.15) is 12.0 Å². The number of ether oxygens (including phenoxy) is 2. The van der Waals surface area contributed by atoms with E-state index >= 15 is 0 Å². The number of amides is 3. The molecule has 3 amide bonds. The van der Waals surface area contributed by atoms with Crippen LogP contribution in [-0.4, -0.2) is 87.7 Å². The van der Waals surface area contributed by atoms with E-state index in [0.717, 1.165) is 43.1 Å². The Morgan fingerprint density at radius 2 is 1.97 bits per heavy atom. The molecule has 1 atom stereocenters. The van der Waals surface area contributed by atoms with E-state index in [4.69, 9.17) is 9.47 Å². The third-order valence-electron chi connectivity index (χ3n) is 5.22. The predicted molar refractivity (Wildman–Crippen MR) is 113 cm³/mol. The summed E-state index contributed by atoms with van der Waals surface area (Å²) in [6, 6.07) is 5.84. The molecule has 0 saturated carbocycles. The van der Waals surface area contributed by atoms with Crippen molar-refractivity contribution in [3.8, 4) is 11.5 Å². The van der Waals surface area contributed by atoms with Crippen molar-refractivity contribution < 1.29 is 19.1 Å². The molecule has 1 unspecified atom stereocenters. The van der Waals surface area contributed by atoms with Crippen LogP contribution in [0, 0.1) is 0 Å². The lowest BCUT2D eigenvalue weighted by molar-refractivity contribution is -0.124. The van der Waals surface area contributed by atoms with Crippen molar-refractivity contribution in [2.45, 2.75) is 19.0 Å². The fourth-order valence-corrected chi connectivity index (χ4v) is 3.67. The molecule has 2 heterocycles. The Balaban J connectivity index is 1.45. The third kappa shape index (κ3) is 5.53. The average molecular weight is 418 g/mol. The SMILES string of the molecule is CN=C(NCCN1C(=O)CNC1=O)NC1CCN(Cc2cc(OC)cc(OC)c2)C1. The fraction of sp³-hybridized carbons (Fsp3) is 0.550. The topological polar surface area (TPSA) is 108 Å². The molecule has 3 rings (SSSR count). The number of methoxy groups -OCH3 is 2. The molecule has 0 radical (unpaired) electrons. The zero-order valence-electron chi connectivity index (χ0n) is 17.7. The smallest absolute Gasteiger partial charge is 0.324 e. The van der Waals surface area contributed by atoms with E-state index in [9.17, 15) is 9.59 Å². The van der Waals surface area contributed by atoms with E-state index in [1.165, 1.54) is 4.90 Å². The Morgan fingerprint density at radius 1 is 1.23 bits per heavy atom. The molecular weight excluding hydrogens is 388 g/mol. The Bertz CT molecular complexity index is 761. The van der Waals surface area contributed by atoms with Crippen molar-refractivity contribution >= 4 is 17.9 Å². The van der Waals surface area contributed by atoms with Crippen molar-refractivity contribution in [1.82, 2.24) is 25.8 Å². The van der Waals surface area contributed by atoms with Crippen molar-refractivity contribution in [3.05, 3.63) is 23.8 Å². The van der Waals surface area contributed by atoms with E-state index in [1.807, 2.05) is 18.2 Å². The van der Waals surface area contributed by atoms with Crippen LogP contribution in [0.5, 0.6) is 11.5 Å². The van der Waals surface area contributed by atoms with E-state index in [1.54, 1.807) is 21.3 Å². The summed E-state index contributed by atoms with van der Waals surface area (Å²) in [6.45, 7) is 3.48. The fourth-order valence-electron chi connectivity index (χ4n) is 3.67. The highest BCUT2D eigenvalue weighted by molar-refractivity contribution is 6.01. The first-order chi connectivity index (χ1) is 14.5. The molecule has 10 nitrogen and oxygen atoms in total. The van der Waals surface area contributed by atoms with E-state index in [-0.39, 0.29) is 24.5 Å². The number of benzene rings is 1. The van der Waals surface area contributed by atoms with Crippen molar-refractivity contribution in [1.29, 1.82) is 0 Å². The predicted octanol–water partition coefficient (Wildman–Crippen LogP) is -0.00510. The lowest BCUT2D eigenvalue weighted by atomic mass is 10.2. The zero-order valence-corrected chi connectivity index (χ0v) is 17.7. The number of likely N-dealkylation sites (tertiary alicyclic amines) is 1. The Morgan fingerprint density at radius 3 is 2.57 bits per heavy atom. The number of hydrogen-bond acceptors (Lipinski definition) is 6. The van der Waals surface area contributed by atoms with Gasteiger partial charge in [0.1, 0.15) is 11.5 Å². The van der Waals surface area contributed by atoms with Gasteiger partial charge in [-0.3, -0.25) is 19.6 Å². The number of aliphatic imine (C=N–C) groups is 1. The minimum Gasteiger partial charge on any atom is -0.497 e. The zero-order chi connectivity index (χ0) is 21.5. The summed E-state index contributed by atoms with van der Waals surface area (Å²) in [5.41, 5.74) is 1.14. The molecular formula is C20H30N6O4. The lowest BCUT2D eigenvalue weighted by Crippen LogP contribution is -2.47. The Labute approximate surface area is 176 Å². The molecule has 2 aliphatic heterocycles. The summed E-state index contributed by atoms with van der Waals surface area (Å²) in [4.78, 5) is 31.0.